The molecule has 0 spiro atoms. The molecule has 0 aliphatic carbocycles. The van der Waals surface area contributed by atoms with E-state index < -0.39 is 10.0 Å². The highest BCUT2D eigenvalue weighted by Gasteiger charge is 2.18. The van der Waals surface area contributed by atoms with Gasteiger partial charge in [0, 0.05) is 5.56 Å². The van der Waals surface area contributed by atoms with Crippen LogP contribution in [0.2, 0.25) is 0 Å². The largest absolute Gasteiger partial charge is 0.497 e. The van der Waals surface area contributed by atoms with Crippen molar-refractivity contribution < 1.29 is 22.7 Å². The van der Waals surface area contributed by atoms with Crippen LogP contribution < -0.4 is 19.1 Å². The van der Waals surface area contributed by atoms with Gasteiger partial charge in [-0.3, -0.25) is 9.10 Å². The van der Waals surface area contributed by atoms with Crippen LogP contribution >= 0.6 is 0 Å². The summed E-state index contributed by atoms with van der Waals surface area (Å²) in [7, 11) is -1.92. The van der Waals surface area contributed by atoms with Gasteiger partial charge in [0.05, 0.1) is 32.1 Å². The normalized spacial score (nSPS) is 11.2. The maximum absolute atomic E-state index is 12.6. The van der Waals surface area contributed by atoms with Gasteiger partial charge in [0.25, 0.3) is 5.91 Å². The molecule has 0 bridgehead atoms. The van der Waals surface area contributed by atoms with Crippen molar-refractivity contribution in [1.82, 2.24) is 5.32 Å². The van der Waals surface area contributed by atoms with Crippen LogP contribution in [0.1, 0.15) is 15.9 Å². The minimum Gasteiger partial charge on any atom is -0.497 e. The molecule has 0 atom stereocenters. The van der Waals surface area contributed by atoms with Gasteiger partial charge in [0.15, 0.2) is 0 Å². The Morgan fingerprint density at radius 3 is 2.19 bits per heavy atom. The first-order valence-electron chi connectivity index (χ1n) is 11.4. The zero-order chi connectivity index (χ0) is 25.5. The molecule has 7 nitrogen and oxygen atoms in total. The Bertz CT molecular complexity index is 1440. The van der Waals surface area contributed by atoms with Gasteiger partial charge in [-0.25, -0.2) is 8.42 Å². The van der Waals surface area contributed by atoms with Gasteiger partial charge in [-0.2, -0.15) is 0 Å². The highest BCUT2D eigenvalue weighted by atomic mass is 32.2. The van der Waals surface area contributed by atoms with Crippen LogP contribution in [-0.4, -0.2) is 40.8 Å². The number of fused-ring (bicyclic) bond motifs is 1. The molecule has 0 aromatic heterocycles. The molecule has 0 heterocycles. The lowest BCUT2D eigenvalue weighted by atomic mass is 10.1. The van der Waals surface area contributed by atoms with Gasteiger partial charge in [-0.15, -0.1) is 0 Å². The minimum atomic E-state index is -3.52. The Labute approximate surface area is 211 Å². The number of carbonyl (C=O) groups excluding carboxylic acids is 1. The number of amides is 1. The Morgan fingerprint density at radius 1 is 0.861 bits per heavy atom. The van der Waals surface area contributed by atoms with Crippen LogP contribution in [0.3, 0.4) is 0 Å². The lowest BCUT2D eigenvalue weighted by Crippen LogP contribution is -2.29. The number of rotatable bonds is 10. The van der Waals surface area contributed by atoms with E-state index in [2.05, 4.69) is 5.32 Å². The molecule has 0 fully saturated rings. The number of ether oxygens (including phenoxy) is 2. The SMILES string of the molecule is COc1ccc(OCCNC(=O)c2ccc(CN(c3ccc4ccccc4c3)S(C)(=O)=O)cc2)cc1. The van der Waals surface area contributed by atoms with E-state index in [9.17, 15) is 13.2 Å². The predicted octanol–water partition coefficient (Wildman–Crippen LogP) is 4.62. The standard InChI is InChI=1S/C28H28N2O5S/c1-34-26-13-15-27(16-14-26)35-18-17-29-28(31)23-9-7-21(8-10-23)20-30(36(2,32)33)25-12-11-22-5-3-4-6-24(22)19-25/h3-16,19H,17-18,20H2,1-2H3,(H,29,31). The first kappa shape index (κ1) is 25.1. The third kappa shape index (κ3) is 6.34. The smallest absolute Gasteiger partial charge is 0.251 e. The number of carbonyl (C=O) groups is 1. The van der Waals surface area contributed by atoms with E-state index in [1.54, 1.807) is 61.7 Å². The van der Waals surface area contributed by atoms with Gasteiger partial charge < -0.3 is 14.8 Å². The second kappa shape index (κ2) is 11.1. The van der Waals surface area contributed by atoms with Crippen LogP contribution in [0.15, 0.2) is 91.0 Å². The lowest BCUT2D eigenvalue weighted by molar-refractivity contribution is 0.0947. The molecule has 4 aromatic carbocycles. The number of sulfonamides is 1. The topological polar surface area (TPSA) is 84.9 Å². The molecule has 0 aliphatic rings. The van der Waals surface area contributed by atoms with Crippen molar-refractivity contribution in [3.63, 3.8) is 0 Å². The van der Waals surface area contributed by atoms with Gasteiger partial charge in [-0.05, 0) is 64.9 Å². The summed E-state index contributed by atoms with van der Waals surface area (Å²) in [6.45, 7) is 0.830. The zero-order valence-corrected chi connectivity index (χ0v) is 21.0. The van der Waals surface area contributed by atoms with E-state index in [0.717, 1.165) is 22.1 Å². The van der Waals surface area contributed by atoms with Crippen molar-refractivity contribution in [2.75, 3.05) is 30.8 Å². The third-order valence-corrected chi connectivity index (χ3v) is 6.82. The third-order valence-electron chi connectivity index (χ3n) is 5.68. The van der Waals surface area contributed by atoms with Gasteiger partial charge in [-0.1, -0.05) is 42.5 Å². The van der Waals surface area contributed by atoms with Crippen molar-refractivity contribution in [1.29, 1.82) is 0 Å². The van der Waals surface area contributed by atoms with Crippen LogP contribution in [0.5, 0.6) is 11.5 Å². The Balaban J connectivity index is 1.36. The number of methoxy groups -OCH3 is 1. The molecule has 0 radical (unpaired) electrons. The fraction of sp³-hybridized carbons (Fsp3) is 0.179. The van der Waals surface area contributed by atoms with Gasteiger partial charge in [0.2, 0.25) is 10.0 Å². The Morgan fingerprint density at radius 2 is 1.53 bits per heavy atom. The van der Waals surface area contributed by atoms with E-state index >= 15 is 0 Å². The van der Waals surface area contributed by atoms with Gasteiger partial charge in [0.1, 0.15) is 18.1 Å². The zero-order valence-electron chi connectivity index (χ0n) is 20.2. The second-order valence-electron chi connectivity index (χ2n) is 8.28. The fourth-order valence-electron chi connectivity index (χ4n) is 3.77. The maximum Gasteiger partial charge on any atom is 0.251 e. The van der Waals surface area contributed by atoms with E-state index in [0.29, 0.717) is 30.2 Å². The monoisotopic (exact) mass is 504 g/mol. The molecule has 186 valence electrons. The fourth-order valence-corrected chi connectivity index (χ4v) is 4.65. The molecule has 1 amide bonds. The van der Waals surface area contributed by atoms with Crippen LogP contribution in [0.4, 0.5) is 5.69 Å². The van der Waals surface area contributed by atoms with Crippen molar-refractivity contribution in [2.45, 2.75) is 6.54 Å². The first-order chi connectivity index (χ1) is 17.3. The summed E-state index contributed by atoms with van der Waals surface area (Å²) in [4.78, 5) is 12.5. The molecular formula is C28H28N2O5S. The van der Waals surface area contributed by atoms with E-state index in [-0.39, 0.29) is 12.5 Å². The van der Waals surface area contributed by atoms with Crippen molar-refractivity contribution in [3.8, 4) is 11.5 Å². The Hall–Kier alpha value is -4.04. The van der Waals surface area contributed by atoms with Crippen LogP contribution in [0.25, 0.3) is 10.8 Å². The molecule has 36 heavy (non-hydrogen) atoms. The van der Waals surface area contributed by atoms with E-state index in [1.165, 1.54) is 10.6 Å². The van der Waals surface area contributed by atoms with Crippen molar-refractivity contribution in [2.24, 2.45) is 0 Å². The first-order valence-corrected chi connectivity index (χ1v) is 13.3. The average molecular weight is 505 g/mol. The molecular weight excluding hydrogens is 476 g/mol. The predicted molar refractivity (Wildman–Crippen MR) is 142 cm³/mol. The molecule has 0 saturated carbocycles. The molecule has 1 N–H and O–H groups in total. The summed E-state index contributed by atoms with van der Waals surface area (Å²) >= 11 is 0. The van der Waals surface area contributed by atoms with E-state index in [1.807, 2.05) is 36.4 Å². The van der Waals surface area contributed by atoms with Crippen molar-refractivity contribution >= 4 is 32.4 Å². The Kier molecular flexibility index (Phi) is 7.75. The summed E-state index contributed by atoms with van der Waals surface area (Å²) in [5.74, 6) is 1.21. The molecule has 4 rings (SSSR count). The number of hydrogen-bond acceptors (Lipinski definition) is 5. The molecule has 0 aliphatic heterocycles. The molecule has 0 saturated heterocycles. The summed E-state index contributed by atoms with van der Waals surface area (Å²) in [6, 6.07) is 27.5. The number of nitrogens with zero attached hydrogens (tertiary/aromatic N) is 1. The van der Waals surface area contributed by atoms with Crippen molar-refractivity contribution in [3.05, 3.63) is 102 Å². The number of nitrogens with one attached hydrogen (secondary N) is 1. The highest BCUT2D eigenvalue weighted by molar-refractivity contribution is 7.92. The maximum atomic E-state index is 12.6. The summed E-state index contributed by atoms with van der Waals surface area (Å²) in [5.41, 5.74) is 1.85. The molecule has 4 aromatic rings. The van der Waals surface area contributed by atoms with Gasteiger partial charge >= 0.3 is 0 Å². The number of anilines is 1. The molecule has 8 heteroatoms. The van der Waals surface area contributed by atoms with Crippen LogP contribution in [-0.2, 0) is 16.6 Å². The number of hydrogen-bond donors (Lipinski definition) is 1. The second-order valence-corrected chi connectivity index (χ2v) is 10.2. The summed E-state index contributed by atoms with van der Waals surface area (Å²) in [5, 5.41) is 4.83. The minimum absolute atomic E-state index is 0.161. The van der Waals surface area contributed by atoms with E-state index in [4.69, 9.17) is 9.47 Å². The van der Waals surface area contributed by atoms with Crippen LogP contribution in [0, 0.1) is 0 Å². The number of benzene rings is 4. The summed E-state index contributed by atoms with van der Waals surface area (Å²) in [6.07, 6.45) is 1.19. The lowest BCUT2D eigenvalue weighted by Gasteiger charge is -2.23. The quantitative estimate of drug-likeness (QED) is 0.319. The highest BCUT2D eigenvalue weighted by Crippen LogP contribution is 2.25. The molecule has 0 unspecified atom stereocenters. The summed E-state index contributed by atoms with van der Waals surface area (Å²) < 4.78 is 37.2. The average Bonchev–Trinajstić information content (AvgIpc) is 2.89.